The van der Waals surface area contributed by atoms with Crippen LogP contribution < -0.4 is 5.73 Å². The van der Waals surface area contributed by atoms with E-state index in [9.17, 15) is 4.79 Å². The molecule has 5 heteroatoms. The highest BCUT2D eigenvalue weighted by atomic mass is 16.1. The molecule has 0 bridgehead atoms. The molecule has 5 nitrogen and oxygen atoms in total. The molecule has 0 spiro atoms. The Kier molecular flexibility index (Phi) is 7.30. The Labute approximate surface area is 190 Å². The molecule has 2 aromatic carbocycles. The first-order valence-corrected chi connectivity index (χ1v) is 11.4. The first-order chi connectivity index (χ1) is 15.6. The summed E-state index contributed by atoms with van der Waals surface area (Å²) in [6.07, 6.45) is 2.93. The van der Waals surface area contributed by atoms with Crippen molar-refractivity contribution in [3.05, 3.63) is 83.4 Å². The SMILES string of the molecule is Cc1cc(-c2cccc(N)n2)ccc1CCN1CCN(C(C=O)Cc2ccccc2)CC1. The van der Waals surface area contributed by atoms with Gasteiger partial charge in [-0.3, -0.25) is 4.90 Å². The molecule has 4 rings (SSSR count). The van der Waals surface area contributed by atoms with Crippen molar-refractivity contribution in [3.8, 4) is 11.3 Å². The molecule has 0 radical (unpaired) electrons. The number of carbonyl (C=O) groups is 1. The first kappa shape index (κ1) is 22.2. The van der Waals surface area contributed by atoms with Crippen LogP contribution in [0.2, 0.25) is 0 Å². The third kappa shape index (κ3) is 5.61. The van der Waals surface area contributed by atoms with Gasteiger partial charge in [0.2, 0.25) is 0 Å². The lowest BCUT2D eigenvalue weighted by molar-refractivity contribution is -0.113. The molecule has 0 amide bonds. The second-order valence-electron chi connectivity index (χ2n) is 8.61. The lowest BCUT2D eigenvalue weighted by Crippen LogP contribution is -2.51. The highest BCUT2D eigenvalue weighted by Crippen LogP contribution is 2.22. The van der Waals surface area contributed by atoms with Gasteiger partial charge in [-0.05, 0) is 54.7 Å². The number of aryl methyl sites for hydroxylation is 1. The van der Waals surface area contributed by atoms with Crippen molar-refractivity contribution in [2.24, 2.45) is 0 Å². The summed E-state index contributed by atoms with van der Waals surface area (Å²) in [6, 6.07) is 22.6. The largest absolute Gasteiger partial charge is 0.384 e. The van der Waals surface area contributed by atoms with Crippen LogP contribution in [-0.2, 0) is 17.6 Å². The Morgan fingerprint density at radius 2 is 1.78 bits per heavy atom. The highest BCUT2D eigenvalue weighted by Gasteiger charge is 2.23. The summed E-state index contributed by atoms with van der Waals surface area (Å²) in [4.78, 5) is 21.0. The van der Waals surface area contributed by atoms with Crippen LogP contribution in [-0.4, -0.2) is 59.8 Å². The van der Waals surface area contributed by atoms with Crippen molar-refractivity contribution in [2.75, 3.05) is 38.5 Å². The Morgan fingerprint density at radius 1 is 1.00 bits per heavy atom. The molecule has 2 N–H and O–H groups in total. The molecule has 1 aliphatic rings. The van der Waals surface area contributed by atoms with E-state index in [1.165, 1.54) is 16.7 Å². The molecule has 3 aromatic rings. The normalized spacial score (nSPS) is 16.0. The second kappa shape index (κ2) is 10.5. The van der Waals surface area contributed by atoms with Crippen molar-refractivity contribution in [1.29, 1.82) is 0 Å². The van der Waals surface area contributed by atoms with Gasteiger partial charge in [-0.1, -0.05) is 48.5 Å². The number of piperazine rings is 1. The van der Waals surface area contributed by atoms with E-state index in [0.29, 0.717) is 5.82 Å². The zero-order valence-electron chi connectivity index (χ0n) is 18.8. The predicted octanol–water partition coefficient (Wildman–Crippen LogP) is 3.61. The van der Waals surface area contributed by atoms with Gasteiger partial charge in [0.05, 0.1) is 11.7 Å². The van der Waals surface area contributed by atoms with Crippen LogP contribution >= 0.6 is 0 Å². The number of aromatic nitrogens is 1. The summed E-state index contributed by atoms with van der Waals surface area (Å²) in [6.45, 7) is 7.09. The number of rotatable bonds is 8. The van der Waals surface area contributed by atoms with Crippen LogP contribution in [0.1, 0.15) is 16.7 Å². The van der Waals surface area contributed by atoms with Crippen LogP contribution in [0, 0.1) is 6.92 Å². The molecule has 32 heavy (non-hydrogen) atoms. The molecule has 1 aliphatic heterocycles. The van der Waals surface area contributed by atoms with E-state index in [4.69, 9.17) is 5.73 Å². The fourth-order valence-corrected chi connectivity index (χ4v) is 4.46. The fraction of sp³-hybridized carbons (Fsp3) is 0.333. The number of nitrogen functional groups attached to an aromatic ring is 1. The van der Waals surface area contributed by atoms with E-state index < -0.39 is 0 Å². The monoisotopic (exact) mass is 428 g/mol. The Morgan fingerprint density at radius 3 is 2.47 bits per heavy atom. The first-order valence-electron chi connectivity index (χ1n) is 11.4. The lowest BCUT2D eigenvalue weighted by Gasteiger charge is -2.37. The zero-order valence-corrected chi connectivity index (χ0v) is 18.8. The number of hydrogen-bond acceptors (Lipinski definition) is 5. The van der Waals surface area contributed by atoms with Gasteiger partial charge in [-0.15, -0.1) is 0 Å². The number of anilines is 1. The lowest BCUT2D eigenvalue weighted by atomic mass is 10.0. The Bertz CT molecular complexity index is 1030. The molecule has 1 unspecified atom stereocenters. The van der Waals surface area contributed by atoms with Gasteiger partial charge in [0.25, 0.3) is 0 Å². The molecule has 1 fully saturated rings. The maximum Gasteiger partial charge on any atom is 0.137 e. The van der Waals surface area contributed by atoms with Gasteiger partial charge in [0.1, 0.15) is 12.1 Å². The third-order valence-corrected chi connectivity index (χ3v) is 6.43. The smallest absolute Gasteiger partial charge is 0.137 e. The van der Waals surface area contributed by atoms with Crippen molar-refractivity contribution in [1.82, 2.24) is 14.8 Å². The number of nitrogens with zero attached hydrogens (tertiary/aromatic N) is 3. The number of hydrogen-bond donors (Lipinski definition) is 1. The Balaban J connectivity index is 1.29. The average Bonchev–Trinajstić information content (AvgIpc) is 2.83. The van der Waals surface area contributed by atoms with Crippen molar-refractivity contribution in [3.63, 3.8) is 0 Å². The standard InChI is InChI=1S/C27H32N4O/c1-21-18-24(26-8-5-9-27(28)29-26)11-10-23(21)12-13-30-14-16-31(17-15-30)25(20-32)19-22-6-3-2-4-7-22/h2-11,18,20,25H,12-17,19H2,1H3,(H2,28,29). The quantitative estimate of drug-likeness (QED) is 0.556. The number of benzene rings is 2. The van der Waals surface area contributed by atoms with E-state index in [0.717, 1.165) is 63.1 Å². The topological polar surface area (TPSA) is 62.5 Å². The zero-order chi connectivity index (χ0) is 22.3. The summed E-state index contributed by atoms with van der Waals surface area (Å²) in [5.74, 6) is 0.545. The summed E-state index contributed by atoms with van der Waals surface area (Å²) in [7, 11) is 0. The number of aldehydes is 1. The maximum absolute atomic E-state index is 11.7. The van der Waals surface area contributed by atoms with Crippen molar-refractivity contribution >= 4 is 12.1 Å². The van der Waals surface area contributed by atoms with E-state index in [1.807, 2.05) is 36.4 Å². The van der Waals surface area contributed by atoms with E-state index >= 15 is 0 Å². The van der Waals surface area contributed by atoms with Crippen LogP contribution in [0.3, 0.4) is 0 Å². The molecule has 166 valence electrons. The number of carbonyl (C=O) groups excluding carboxylic acids is 1. The maximum atomic E-state index is 11.7. The van der Waals surface area contributed by atoms with Crippen LogP contribution in [0.15, 0.2) is 66.7 Å². The molecule has 1 aromatic heterocycles. The molecular weight excluding hydrogens is 396 g/mol. The van der Waals surface area contributed by atoms with E-state index in [-0.39, 0.29) is 6.04 Å². The molecule has 1 saturated heterocycles. The highest BCUT2D eigenvalue weighted by molar-refractivity contribution is 5.62. The Hall–Kier alpha value is -3.02. The minimum Gasteiger partial charge on any atom is -0.384 e. The summed E-state index contributed by atoms with van der Waals surface area (Å²) >= 11 is 0. The van der Waals surface area contributed by atoms with Gasteiger partial charge in [0.15, 0.2) is 0 Å². The van der Waals surface area contributed by atoms with E-state index in [1.54, 1.807) is 0 Å². The van der Waals surface area contributed by atoms with Crippen LogP contribution in [0.5, 0.6) is 0 Å². The molecular formula is C27H32N4O. The van der Waals surface area contributed by atoms with Crippen LogP contribution in [0.4, 0.5) is 5.82 Å². The number of pyridine rings is 1. The third-order valence-electron chi connectivity index (χ3n) is 6.43. The van der Waals surface area contributed by atoms with Gasteiger partial charge in [0, 0.05) is 38.3 Å². The van der Waals surface area contributed by atoms with Crippen molar-refractivity contribution < 1.29 is 4.79 Å². The molecule has 1 atom stereocenters. The molecule has 0 aliphatic carbocycles. The minimum absolute atomic E-state index is 0.0324. The van der Waals surface area contributed by atoms with Gasteiger partial charge in [-0.2, -0.15) is 0 Å². The second-order valence-corrected chi connectivity index (χ2v) is 8.61. The summed E-state index contributed by atoms with van der Waals surface area (Å²) in [5.41, 5.74) is 11.7. The van der Waals surface area contributed by atoms with Gasteiger partial charge >= 0.3 is 0 Å². The average molecular weight is 429 g/mol. The van der Waals surface area contributed by atoms with Gasteiger partial charge < -0.3 is 15.4 Å². The number of nitrogens with two attached hydrogens (primary N) is 1. The van der Waals surface area contributed by atoms with Crippen LogP contribution in [0.25, 0.3) is 11.3 Å². The van der Waals surface area contributed by atoms with Gasteiger partial charge in [-0.25, -0.2) is 4.98 Å². The minimum atomic E-state index is -0.0324. The summed E-state index contributed by atoms with van der Waals surface area (Å²) < 4.78 is 0. The van der Waals surface area contributed by atoms with E-state index in [2.05, 4.69) is 52.0 Å². The fourth-order valence-electron chi connectivity index (χ4n) is 4.46. The van der Waals surface area contributed by atoms with Crippen molar-refractivity contribution in [2.45, 2.75) is 25.8 Å². The summed E-state index contributed by atoms with van der Waals surface area (Å²) in [5, 5.41) is 0. The predicted molar refractivity (Wildman–Crippen MR) is 131 cm³/mol. The molecule has 0 saturated carbocycles. The molecule has 2 heterocycles.